The lowest BCUT2D eigenvalue weighted by Crippen LogP contribution is -2.40. The Morgan fingerprint density at radius 1 is 1.35 bits per heavy atom. The lowest BCUT2D eigenvalue weighted by Gasteiger charge is -2.28. The maximum Gasteiger partial charge on any atom is 0.356 e. The maximum absolute atomic E-state index is 12.7. The van der Waals surface area contributed by atoms with Crippen LogP contribution in [0.5, 0.6) is 5.75 Å². The second-order valence-corrected chi connectivity index (χ2v) is 5.45. The van der Waals surface area contributed by atoms with Gasteiger partial charge in [0.05, 0.1) is 6.54 Å². The Labute approximate surface area is 132 Å². The third-order valence-corrected chi connectivity index (χ3v) is 3.96. The largest absolute Gasteiger partial charge is 0.508 e. The van der Waals surface area contributed by atoms with Gasteiger partial charge in [0.1, 0.15) is 11.4 Å². The summed E-state index contributed by atoms with van der Waals surface area (Å²) in [6.07, 6.45) is 0.433. The topological polar surface area (TPSA) is 95.7 Å². The second-order valence-electron chi connectivity index (χ2n) is 5.45. The molecule has 23 heavy (non-hydrogen) atoms. The lowest BCUT2D eigenvalue weighted by atomic mass is 10.1. The standard InChI is InChI=1S/C16H17N3O4/c1-2-12-13(16(22)23)17-19-7-6-18(15(21)14(12)19)9-10-4-3-5-11(20)8-10/h3-5,8,20H,2,6-7,9H2,1H3,(H,22,23). The molecule has 7 heteroatoms. The molecule has 7 nitrogen and oxygen atoms in total. The van der Waals surface area contributed by atoms with Crippen LogP contribution in [-0.2, 0) is 19.5 Å². The number of carboxylic acids is 1. The maximum atomic E-state index is 12.7. The van der Waals surface area contributed by atoms with Crippen LogP contribution in [-0.4, -0.2) is 43.3 Å². The minimum absolute atomic E-state index is 0.0462. The molecule has 2 aromatic rings. The van der Waals surface area contributed by atoms with Crippen LogP contribution in [0.3, 0.4) is 0 Å². The van der Waals surface area contributed by atoms with Gasteiger partial charge in [-0.2, -0.15) is 5.10 Å². The highest BCUT2D eigenvalue weighted by Gasteiger charge is 2.32. The predicted molar refractivity (Wildman–Crippen MR) is 81.4 cm³/mol. The second kappa shape index (κ2) is 5.75. The highest BCUT2D eigenvalue weighted by Crippen LogP contribution is 2.23. The first-order chi connectivity index (χ1) is 11.0. The number of benzene rings is 1. The average Bonchev–Trinajstić information content (AvgIpc) is 2.90. The number of aromatic carboxylic acids is 1. The number of fused-ring (bicyclic) bond motifs is 1. The van der Waals surface area contributed by atoms with Gasteiger partial charge in [0, 0.05) is 18.7 Å². The van der Waals surface area contributed by atoms with Crippen molar-refractivity contribution in [3.05, 3.63) is 46.8 Å². The summed E-state index contributed by atoms with van der Waals surface area (Å²) in [5, 5.41) is 22.8. The zero-order valence-corrected chi connectivity index (χ0v) is 12.7. The molecule has 0 saturated heterocycles. The van der Waals surface area contributed by atoms with Crippen LogP contribution in [0.4, 0.5) is 0 Å². The number of carboxylic acid groups (broad SMARTS) is 1. The predicted octanol–water partition coefficient (Wildman–Crippen LogP) is 1.51. The van der Waals surface area contributed by atoms with Crippen LogP contribution in [0.15, 0.2) is 24.3 Å². The van der Waals surface area contributed by atoms with E-state index >= 15 is 0 Å². The van der Waals surface area contributed by atoms with Gasteiger partial charge in [-0.15, -0.1) is 0 Å². The van der Waals surface area contributed by atoms with E-state index in [9.17, 15) is 19.8 Å². The number of aromatic hydroxyl groups is 1. The fourth-order valence-electron chi connectivity index (χ4n) is 2.90. The fraction of sp³-hybridized carbons (Fsp3) is 0.312. The smallest absolute Gasteiger partial charge is 0.356 e. The third-order valence-electron chi connectivity index (χ3n) is 3.96. The molecule has 1 aliphatic heterocycles. The van der Waals surface area contributed by atoms with Gasteiger partial charge in [0.15, 0.2) is 5.69 Å². The van der Waals surface area contributed by atoms with E-state index in [0.717, 1.165) is 5.56 Å². The number of carbonyl (C=O) groups excluding carboxylic acids is 1. The molecule has 0 bridgehead atoms. The van der Waals surface area contributed by atoms with Crippen molar-refractivity contribution in [1.82, 2.24) is 14.7 Å². The van der Waals surface area contributed by atoms with E-state index in [1.165, 1.54) is 4.68 Å². The molecule has 1 aromatic heterocycles. The number of hydrogen-bond donors (Lipinski definition) is 2. The van der Waals surface area contributed by atoms with Crippen molar-refractivity contribution >= 4 is 11.9 Å². The summed E-state index contributed by atoms with van der Waals surface area (Å²) in [4.78, 5) is 25.7. The number of hydrogen-bond acceptors (Lipinski definition) is 4. The van der Waals surface area contributed by atoms with Gasteiger partial charge in [-0.1, -0.05) is 19.1 Å². The summed E-state index contributed by atoms with van der Waals surface area (Å²) in [6, 6.07) is 6.75. The van der Waals surface area contributed by atoms with E-state index in [1.807, 2.05) is 13.0 Å². The van der Waals surface area contributed by atoms with E-state index in [-0.39, 0.29) is 17.4 Å². The highest BCUT2D eigenvalue weighted by atomic mass is 16.4. The molecular formula is C16H17N3O4. The lowest BCUT2D eigenvalue weighted by molar-refractivity contribution is 0.0670. The van der Waals surface area contributed by atoms with E-state index in [1.54, 1.807) is 23.1 Å². The van der Waals surface area contributed by atoms with Crippen molar-refractivity contribution in [2.24, 2.45) is 0 Å². The molecule has 0 saturated carbocycles. The Morgan fingerprint density at radius 2 is 2.13 bits per heavy atom. The number of aromatic nitrogens is 2. The van der Waals surface area contributed by atoms with Crippen molar-refractivity contribution in [3.63, 3.8) is 0 Å². The van der Waals surface area contributed by atoms with Crippen molar-refractivity contribution in [2.45, 2.75) is 26.4 Å². The minimum atomic E-state index is -1.11. The first kappa shape index (κ1) is 15.1. The third kappa shape index (κ3) is 2.65. The van der Waals surface area contributed by atoms with Crippen molar-refractivity contribution in [3.8, 4) is 5.75 Å². The van der Waals surface area contributed by atoms with Crippen LogP contribution in [0.25, 0.3) is 0 Å². The zero-order chi connectivity index (χ0) is 16.6. The summed E-state index contributed by atoms with van der Waals surface area (Å²) in [6.45, 7) is 3.08. The number of phenols is 1. The highest BCUT2D eigenvalue weighted by molar-refractivity contribution is 5.98. The molecule has 0 unspecified atom stereocenters. The van der Waals surface area contributed by atoms with Gasteiger partial charge in [0.2, 0.25) is 0 Å². The monoisotopic (exact) mass is 315 g/mol. The molecule has 3 rings (SSSR count). The molecular weight excluding hydrogens is 298 g/mol. The Bertz CT molecular complexity index is 782. The average molecular weight is 315 g/mol. The summed E-state index contributed by atoms with van der Waals surface area (Å²) < 4.78 is 1.49. The van der Waals surface area contributed by atoms with Crippen LogP contribution in [0, 0.1) is 0 Å². The van der Waals surface area contributed by atoms with E-state index in [0.29, 0.717) is 37.3 Å². The normalized spacial score (nSPS) is 14.0. The van der Waals surface area contributed by atoms with Crippen molar-refractivity contribution in [2.75, 3.05) is 6.54 Å². The zero-order valence-electron chi connectivity index (χ0n) is 12.7. The van der Waals surface area contributed by atoms with Crippen LogP contribution in [0.1, 0.15) is 39.0 Å². The Balaban J connectivity index is 1.92. The SMILES string of the molecule is CCc1c(C(=O)O)nn2c1C(=O)N(Cc1cccc(O)c1)CC2. The summed E-state index contributed by atoms with van der Waals surface area (Å²) in [7, 11) is 0. The number of amides is 1. The number of nitrogens with zero attached hydrogens (tertiary/aromatic N) is 3. The van der Waals surface area contributed by atoms with Gasteiger partial charge >= 0.3 is 5.97 Å². The first-order valence-corrected chi connectivity index (χ1v) is 7.41. The Hall–Kier alpha value is -2.83. The Kier molecular flexibility index (Phi) is 3.77. The van der Waals surface area contributed by atoms with Crippen LogP contribution in [0.2, 0.25) is 0 Å². The van der Waals surface area contributed by atoms with E-state index in [4.69, 9.17) is 0 Å². The molecule has 0 fully saturated rings. The van der Waals surface area contributed by atoms with Crippen molar-refractivity contribution in [1.29, 1.82) is 0 Å². The molecule has 0 spiro atoms. The van der Waals surface area contributed by atoms with Crippen molar-refractivity contribution < 1.29 is 19.8 Å². The number of rotatable bonds is 4. The van der Waals surface area contributed by atoms with E-state index in [2.05, 4.69) is 5.10 Å². The summed E-state index contributed by atoms with van der Waals surface area (Å²) in [5.74, 6) is -1.19. The molecule has 1 aromatic carbocycles. The van der Waals surface area contributed by atoms with Crippen LogP contribution >= 0.6 is 0 Å². The first-order valence-electron chi connectivity index (χ1n) is 7.41. The van der Waals surface area contributed by atoms with Gasteiger partial charge in [-0.05, 0) is 24.1 Å². The summed E-state index contributed by atoms with van der Waals surface area (Å²) in [5.41, 5.74) is 1.61. The molecule has 0 aliphatic carbocycles. The van der Waals surface area contributed by atoms with Gasteiger partial charge in [0.25, 0.3) is 5.91 Å². The van der Waals surface area contributed by atoms with E-state index < -0.39 is 5.97 Å². The molecule has 0 atom stereocenters. The van der Waals surface area contributed by atoms with Gasteiger partial charge in [-0.3, -0.25) is 9.48 Å². The number of phenolic OH excluding ortho intramolecular Hbond substituents is 1. The van der Waals surface area contributed by atoms with Gasteiger partial charge < -0.3 is 15.1 Å². The fourth-order valence-corrected chi connectivity index (χ4v) is 2.90. The number of carbonyl (C=O) groups is 2. The molecule has 1 amide bonds. The minimum Gasteiger partial charge on any atom is -0.508 e. The molecule has 1 aliphatic rings. The molecule has 2 N–H and O–H groups in total. The quantitative estimate of drug-likeness (QED) is 0.891. The Morgan fingerprint density at radius 3 is 2.78 bits per heavy atom. The summed E-state index contributed by atoms with van der Waals surface area (Å²) >= 11 is 0. The molecule has 2 heterocycles. The van der Waals surface area contributed by atoms with Gasteiger partial charge in [-0.25, -0.2) is 4.79 Å². The molecule has 120 valence electrons. The van der Waals surface area contributed by atoms with Crippen LogP contribution < -0.4 is 0 Å². The molecule has 0 radical (unpaired) electrons.